The summed E-state index contributed by atoms with van der Waals surface area (Å²) in [6, 6.07) is 14.6. The number of rotatable bonds is 4. The third kappa shape index (κ3) is 2.96. The number of fused-ring (bicyclic) bond motifs is 1. The Bertz CT molecular complexity index is 797. The number of carbonyl (C=O) groups is 1. The molecule has 0 aliphatic rings. The van der Waals surface area contributed by atoms with E-state index in [1.807, 2.05) is 24.3 Å². The summed E-state index contributed by atoms with van der Waals surface area (Å²) in [5.41, 5.74) is 8.17. The van der Waals surface area contributed by atoms with E-state index in [1.54, 1.807) is 35.9 Å². The number of aromatic nitrogens is 2. The van der Waals surface area contributed by atoms with Gasteiger partial charge in [-0.05, 0) is 36.4 Å². The molecule has 114 valence electrons. The molecule has 0 bridgehead atoms. The molecule has 0 unspecified atom stereocenters. The standard InChI is InChI=1S/C16H15N3O2.BrH/c1-21-12-8-6-11(7-9-12)15(20)10-19-14-5-3-2-4-13(14)18-16(19)17;/h2-9H,10H2,1H3,(H2,17,18);1H. The molecule has 3 rings (SSSR count). The first-order valence-electron chi connectivity index (χ1n) is 6.57. The number of benzene rings is 2. The molecule has 0 aliphatic carbocycles. The van der Waals surface area contributed by atoms with Gasteiger partial charge in [0.25, 0.3) is 0 Å². The summed E-state index contributed by atoms with van der Waals surface area (Å²) in [6.07, 6.45) is 0. The number of nitrogens with two attached hydrogens (primary N) is 1. The van der Waals surface area contributed by atoms with Crippen LogP contribution in [0.4, 0.5) is 5.95 Å². The summed E-state index contributed by atoms with van der Waals surface area (Å²) in [5.74, 6) is 1.05. The molecule has 0 fully saturated rings. The average molecular weight is 362 g/mol. The quantitative estimate of drug-likeness (QED) is 0.724. The number of nitrogen functional groups attached to an aromatic ring is 1. The molecule has 5 nitrogen and oxygen atoms in total. The molecule has 2 aromatic carbocycles. The van der Waals surface area contributed by atoms with Crippen molar-refractivity contribution in [2.24, 2.45) is 0 Å². The van der Waals surface area contributed by atoms with Gasteiger partial charge in [-0.2, -0.15) is 0 Å². The van der Waals surface area contributed by atoms with Gasteiger partial charge < -0.3 is 15.0 Å². The van der Waals surface area contributed by atoms with Crippen LogP contribution in [-0.2, 0) is 6.54 Å². The van der Waals surface area contributed by atoms with Crippen molar-refractivity contribution in [2.45, 2.75) is 6.54 Å². The Kier molecular flexibility index (Phi) is 4.82. The maximum Gasteiger partial charge on any atom is 0.201 e. The minimum Gasteiger partial charge on any atom is -0.497 e. The molecule has 0 saturated heterocycles. The highest BCUT2D eigenvalue weighted by Gasteiger charge is 2.12. The monoisotopic (exact) mass is 361 g/mol. The topological polar surface area (TPSA) is 70.1 Å². The van der Waals surface area contributed by atoms with Crippen molar-refractivity contribution >= 4 is 39.7 Å². The summed E-state index contributed by atoms with van der Waals surface area (Å²) in [4.78, 5) is 16.6. The first-order valence-corrected chi connectivity index (χ1v) is 6.57. The summed E-state index contributed by atoms with van der Waals surface area (Å²) in [7, 11) is 1.59. The highest BCUT2D eigenvalue weighted by molar-refractivity contribution is 8.93. The Labute approximate surface area is 138 Å². The minimum absolute atomic E-state index is 0. The van der Waals surface area contributed by atoms with E-state index >= 15 is 0 Å². The zero-order valence-corrected chi connectivity index (χ0v) is 13.7. The van der Waals surface area contributed by atoms with Gasteiger partial charge >= 0.3 is 0 Å². The number of anilines is 1. The molecule has 0 spiro atoms. The van der Waals surface area contributed by atoms with Crippen LogP contribution < -0.4 is 10.5 Å². The summed E-state index contributed by atoms with van der Waals surface area (Å²) < 4.78 is 6.81. The van der Waals surface area contributed by atoms with E-state index < -0.39 is 0 Å². The minimum atomic E-state index is -0.0208. The number of halogens is 1. The van der Waals surface area contributed by atoms with Crippen LogP contribution >= 0.6 is 17.0 Å². The highest BCUT2D eigenvalue weighted by atomic mass is 79.9. The van der Waals surface area contributed by atoms with Crippen LogP contribution in [0.5, 0.6) is 5.75 Å². The molecule has 1 heterocycles. The van der Waals surface area contributed by atoms with E-state index in [2.05, 4.69) is 4.98 Å². The average Bonchev–Trinajstić information content (AvgIpc) is 2.83. The lowest BCUT2D eigenvalue weighted by Crippen LogP contribution is -2.12. The Morgan fingerprint density at radius 2 is 1.86 bits per heavy atom. The van der Waals surface area contributed by atoms with Gasteiger partial charge in [0.05, 0.1) is 24.7 Å². The fourth-order valence-electron chi connectivity index (χ4n) is 2.27. The van der Waals surface area contributed by atoms with Crippen molar-refractivity contribution < 1.29 is 9.53 Å². The molecule has 0 saturated carbocycles. The van der Waals surface area contributed by atoms with Crippen LogP contribution in [0.15, 0.2) is 48.5 Å². The smallest absolute Gasteiger partial charge is 0.201 e. The molecule has 0 amide bonds. The second-order valence-electron chi connectivity index (χ2n) is 4.70. The van der Waals surface area contributed by atoms with Gasteiger partial charge in [0.15, 0.2) is 5.78 Å². The van der Waals surface area contributed by atoms with Gasteiger partial charge in [0.1, 0.15) is 5.75 Å². The number of para-hydroxylation sites is 2. The molecule has 22 heavy (non-hydrogen) atoms. The molecular formula is C16H16BrN3O2. The number of ketones is 1. The summed E-state index contributed by atoms with van der Waals surface area (Å²) in [6.45, 7) is 0.165. The molecule has 6 heteroatoms. The SMILES string of the molecule is Br.COc1ccc(C(=O)Cn2c(N)nc3ccccc32)cc1. The molecule has 0 aliphatic heterocycles. The van der Waals surface area contributed by atoms with E-state index in [0.29, 0.717) is 11.5 Å². The van der Waals surface area contributed by atoms with Crippen molar-refractivity contribution in [3.63, 3.8) is 0 Å². The van der Waals surface area contributed by atoms with E-state index in [4.69, 9.17) is 10.5 Å². The number of hydrogen-bond donors (Lipinski definition) is 1. The number of imidazole rings is 1. The van der Waals surface area contributed by atoms with E-state index in [1.165, 1.54) is 0 Å². The van der Waals surface area contributed by atoms with E-state index in [0.717, 1.165) is 16.8 Å². The maximum atomic E-state index is 12.4. The lowest BCUT2D eigenvalue weighted by molar-refractivity contribution is 0.0974. The summed E-state index contributed by atoms with van der Waals surface area (Å²) >= 11 is 0. The number of nitrogens with zero attached hydrogens (tertiary/aromatic N) is 2. The Balaban J connectivity index is 0.00000176. The molecular weight excluding hydrogens is 346 g/mol. The van der Waals surface area contributed by atoms with E-state index in [-0.39, 0.29) is 29.3 Å². The number of methoxy groups -OCH3 is 1. The van der Waals surface area contributed by atoms with Crippen molar-refractivity contribution in [2.75, 3.05) is 12.8 Å². The number of carbonyl (C=O) groups excluding carboxylic acids is 1. The van der Waals surface area contributed by atoms with Crippen LogP contribution in [0.25, 0.3) is 11.0 Å². The third-order valence-corrected chi connectivity index (χ3v) is 3.40. The third-order valence-electron chi connectivity index (χ3n) is 3.40. The number of hydrogen-bond acceptors (Lipinski definition) is 4. The zero-order chi connectivity index (χ0) is 14.8. The van der Waals surface area contributed by atoms with Gasteiger partial charge in [-0.15, -0.1) is 17.0 Å². The first kappa shape index (κ1) is 16.0. The van der Waals surface area contributed by atoms with Crippen LogP contribution in [0.2, 0.25) is 0 Å². The van der Waals surface area contributed by atoms with Gasteiger partial charge in [0.2, 0.25) is 5.95 Å². The lowest BCUT2D eigenvalue weighted by atomic mass is 10.1. The molecule has 1 aromatic heterocycles. The Hall–Kier alpha value is -2.34. The summed E-state index contributed by atoms with van der Waals surface area (Å²) in [5, 5.41) is 0. The molecule has 0 radical (unpaired) electrons. The second-order valence-corrected chi connectivity index (χ2v) is 4.70. The van der Waals surface area contributed by atoms with Gasteiger partial charge in [-0.25, -0.2) is 4.98 Å². The lowest BCUT2D eigenvalue weighted by Gasteiger charge is -2.06. The normalized spacial score (nSPS) is 10.2. The highest BCUT2D eigenvalue weighted by Crippen LogP contribution is 2.19. The van der Waals surface area contributed by atoms with Crippen molar-refractivity contribution in [3.05, 3.63) is 54.1 Å². The first-order chi connectivity index (χ1) is 10.2. The van der Waals surface area contributed by atoms with Gasteiger partial charge in [-0.3, -0.25) is 4.79 Å². The van der Waals surface area contributed by atoms with Crippen LogP contribution in [0.1, 0.15) is 10.4 Å². The number of Topliss-reactive ketones (excluding diaryl/α,β-unsaturated/α-hetero) is 1. The van der Waals surface area contributed by atoms with Crippen LogP contribution in [0, 0.1) is 0 Å². The van der Waals surface area contributed by atoms with Crippen molar-refractivity contribution in [1.82, 2.24) is 9.55 Å². The fourth-order valence-corrected chi connectivity index (χ4v) is 2.27. The molecule has 2 N–H and O–H groups in total. The molecule has 3 aromatic rings. The largest absolute Gasteiger partial charge is 0.497 e. The van der Waals surface area contributed by atoms with Crippen LogP contribution in [0.3, 0.4) is 0 Å². The van der Waals surface area contributed by atoms with Gasteiger partial charge in [0, 0.05) is 5.56 Å². The van der Waals surface area contributed by atoms with Crippen molar-refractivity contribution in [3.8, 4) is 5.75 Å². The maximum absolute atomic E-state index is 12.4. The Morgan fingerprint density at radius 3 is 2.55 bits per heavy atom. The second kappa shape index (κ2) is 6.62. The Morgan fingerprint density at radius 1 is 1.18 bits per heavy atom. The predicted octanol–water partition coefficient (Wildman–Crippen LogP) is 3.09. The van der Waals surface area contributed by atoms with E-state index in [9.17, 15) is 4.79 Å². The van der Waals surface area contributed by atoms with Crippen molar-refractivity contribution in [1.29, 1.82) is 0 Å². The molecule has 0 atom stereocenters. The number of ether oxygens (including phenoxy) is 1. The fraction of sp³-hybridized carbons (Fsp3) is 0.125. The zero-order valence-electron chi connectivity index (χ0n) is 12.0. The van der Waals surface area contributed by atoms with Gasteiger partial charge in [-0.1, -0.05) is 12.1 Å². The predicted molar refractivity (Wildman–Crippen MR) is 91.8 cm³/mol. The van der Waals surface area contributed by atoms with Crippen LogP contribution in [-0.4, -0.2) is 22.4 Å².